The van der Waals surface area contributed by atoms with Gasteiger partial charge in [0.25, 0.3) is 0 Å². The standard InChI is InChI=1S/C11H13NO2/c1-3-4-8-7-9(14-2)5-6-10(8)11(12)13/h3,5-7H,1,4H2,2H3,(H2,12,13). The van der Waals surface area contributed by atoms with Crippen LogP contribution in [0.3, 0.4) is 0 Å². The van der Waals surface area contributed by atoms with Crippen LogP contribution in [0.25, 0.3) is 0 Å². The predicted molar refractivity (Wildman–Crippen MR) is 55.4 cm³/mol. The van der Waals surface area contributed by atoms with Gasteiger partial charge in [-0.15, -0.1) is 6.58 Å². The number of rotatable bonds is 4. The summed E-state index contributed by atoms with van der Waals surface area (Å²) in [6, 6.07) is 5.18. The first kappa shape index (κ1) is 10.3. The molecule has 0 saturated carbocycles. The van der Waals surface area contributed by atoms with Crippen molar-refractivity contribution in [2.75, 3.05) is 7.11 Å². The largest absolute Gasteiger partial charge is 0.497 e. The Morgan fingerprint density at radius 2 is 2.36 bits per heavy atom. The van der Waals surface area contributed by atoms with Crippen molar-refractivity contribution in [3.63, 3.8) is 0 Å². The minimum Gasteiger partial charge on any atom is -0.497 e. The summed E-state index contributed by atoms with van der Waals surface area (Å²) in [5.74, 6) is 0.288. The second kappa shape index (κ2) is 4.46. The number of carbonyl (C=O) groups excluding carboxylic acids is 1. The van der Waals surface area contributed by atoms with Gasteiger partial charge in [0.15, 0.2) is 0 Å². The van der Waals surface area contributed by atoms with Gasteiger partial charge in [-0.2, -0.15) is 0 Å². The van der Waals surface area contributed by atoms with Crippen molar-refractivity contribution in [2.24, 2.45) is 5.73 Å². The first-order valence-corrected chi connectivity index (χ1v) is 4.26. The Hall–Kier alpha value is -1.77. The van der Waals surface area contributed by atoms with Crippen LogP contribution < -0.4 is 10.5 Å². The molecule has 0 radical (unpaired) electrons. The SMILES string of the molecule is C=CCc1cc(OC)ccc1C(N)=O. The number of allylic oxidation sites excluding steroid dienone is 1. The lowest BCUT2D eigenvalue weighted by atomic mass is 10.0. The van der Waals surface area contributed by atoms with Gasteiger partial charge in [-0.05, 0) is 30.2 Å². The number of carbonyl (C=O) groups is 1. The van der Waals surface area contributed by atoms with Gasteiger partial charge in [0, 0.05) is 5.56 Å². The van der Waals surface area contributed by atoms with Crippen LogP contribution in [0.4, 0.5) is 0 Å². The maximum Gasteiger partial charge on any atom is 0.248 e. The highest BCUT2D eigenvalue weighted by Crippen LogP contribution is 2.18. The lowest BCUT2D eigenvalue weighted by Crippen LogP contribution is -2.13. The highest BCUT2D eigenvalue weighted by molar-refractivity contribution is 5.94. The van der Waals surface area contributed by atoms with Gasteiger partial charge in [-0.3, -0.25) is 4.79 Å². The normalized spacial score (nSPS) is 9.50. The molecular weight excluding hydrogens is 178 g/mol. The molecule has 3 heteroatoms. The monoisotopic (exact) mass is 191 g/mol. The van der Waals surface area contributed by atoms with Crippen molar-refractivity contribution in [3.05, 3.63) is 42.0 Å². The van der Waals surface area contributed by atoms with Crippen LogP contribution in [0.15, 0.2) is 30.9 Å². The Kier molecular flexibility index (Phi) is 3.29. The molecule has 1 aromatic rings. The van der Waals surface area contributed by atoms with Gasteiger partial charge in [0.1, 0.15) is 5.75 Å². The van der Waals surface area contributed by atoms with E-state index in [2.05, 4.69) is 6.58 Å². The Labute approximate surface area is 83.2 Å². The van der Waals surface area contributed by atoms with Crippen LogP contribution in [0.1, 0.15) is 15.9 Å². The minimum atomic E-state index is -0.426. The van der Waals surface area contributed by atoms with Gasteiger partial charge in [-0.25, -0.2) is 0 Å². The zero-order chi connectivity index (χ0) is 10.6. The zero-order valence-corrected chi connectivity index (χ0v) is 8.12. The number of benzene rings is 1. The van der Waals surface area contributed by atoms with Gasteiger partial charge in [-0.1, -0.05) is 6.08 Å². The van der Waals surface area contributed by atoms with Gasteiger partial charge < -0.3 is 10.5 Å². The fraction of sp³-hybridized carbons (Fsp3) is 0.182. The van der Waals surface area contributed by atoms with Crippen molar-refractivity contribution in [1.82, 2.24) is 0 Å². The number of hydrogen-bond acceptors (Lipinski definition) is 2. The molecule has 0 aromatic heterocycles. The van der Waals surface area contributed by atoms with Crippen molar-refractivity contribution in [3.8, 4) is 5.75 Å². The summed E-state index contributed by atoms with van der Waals surface area (Å²) in [7, 11) is 1.58. The molecule has 1 amide bonds. The molecule has 1 rings (SSSR count). The number of nitrogens with two attached hydrogens (primary N) is 1. The predicted octanol–water partition coefficient (Wildman–Crippen LogP) is 1.52. The molecule has 14 heavy (non-hydrogen) atoms. The third-order valence-corrected chi connectivity index (χ3v) is 1.94. The molecule has 0 fully saturated rings. The van der Waals surface area contributed by atoms with Crippen molar-refractivity contribution in [1.29, 1.82) is 0 Å². The Balaban J connectivity index is 3.16. The van der Waals surface area contributed by atoms with E-state index >= 15 is 0 Å². The molecule has 1 aromatic carbocycles. The van der Waals surface area contributed by atoms with E-state index in [4.69, 9.17) is 10.5 Å². The van der Waals surface area contributed by atoms with Gasteiger partial charge in [0.05, 0.1) is 7.11 Å². The fourth-order valence-electron chi connectivity index (χ4n) is 1.26. The molecule has 0 atom stereocenters. The van der Waals surface area contributed by atoms with E-state index in [0.29, 0.717) is 17.7 Å². The second-order valence-corrected chi connectivity index (χ2v) is 2.88. The van der Waals surface area contributed by atoms with Crippen LogP contribution in [0.2, 0.25) is 0 Å². The Morgan fingerprint density at radius 1 is 1.64 bits per heavy atom. The van der Waals surface area contributed by atoms with E-state index in [1.807, 2.05) is 0 Å². The highest BCUT2D eigenvalue weighted by Gasteiger charge is 2.07. The van der Waals surface area contributed by atoms with Crippen molar-refractivity contribution >= 4 is 5.91 Å². The molecule has 0 heterocycles. The third kappa shape index (κ3) is 2.13. The molecule has 0 aliphatic heterocycles. The molecule has 74 valence electrons. The lowest BCUT2D eigenvalue weighted by molar-refractivity contribution is 0.0999. The quantitative estimate of drug-likeness (QED) is 0.733. The highest BCUT2D eigenvalue weighted by atomic mass is 16.5. The number of methoxy groups -OCH3 is 1. The topological polar surface area (TPSA) is 52.3 Å². The maximum absolute atomic E-state index is 11.0. The summed E-state index contributed by atoms with van der Waals surface area (Å²) in [4.78, 5) is 11.0. The van der Waals surface area contributed by atoms with Gasteiger partial charge in [0.2, 0.25) is 5.91 Å². The van der Waals surface area contributed by atoms with Crippen LogP contribution in [0.5, 0.6) is 5.75 Å². The van der Waals surface area contributed by atoms with E-state index in [1.54, 1.807) is 31.4 Å². The van der Waals surface area contributed by atoms with Crippen LogP contribution in [-0.2, 0) is 6.42 Å². The van der Waals surface area contributed by atoms with Crippen LogP contribution in [0, 0.1) is 0 Å². The first-order valence-electron chi connectivity index (χ1n) is 4.26. The van der Waals surface area contributed by atoms with Gasteiger partial charge >= 0.3 is 0 Å². The maximum atomic E-state index is 11.0. The average molecular weight is 191 g/mol. The molecule has 0 spiro atoms. The fourth-order valence-corrected chi connectivity index (χ4v) is 1.26. The second-order valence-electron chi connectivity index (χ2n) is 2.88. The minimum absolute atomic E-state index is 0.426. The first-order chi connectivity index (χ1) is 6.69. The smallest absolute Gasteiger partial charge is 0.248 e. The number of amides is 1. The number of primary amides is 1. The number of hydrogen-bond donors (Lipinski definition) is 1. The Morgan fingerprint density at radius 3 is 2.86 bits per heavy atom. The third-order valence-electron chi connectivity index (χ3n) is 1.94. The summed E-state index contributed by atoms with van der Waals surface area (Å²) in [6.07, 6.45) is 2.33. The summed E-state index contributed by atoms with van der Waals surface area (Å²) in [5, 5.41) is 0. The average Bonchev–Trinajstić information content (AvgIpc) is 2.17. The molecule has 0 aliphatic carbocycles. The van der Waals surface area contributed by atoms with Crippen LogP contribution >= 0.6 is 0 Å². The molecule has 0 saturated heterocycles. The molecule has 3 nitrogen and oxygen atoms in total. The summed E-state index contributed by atoms with van der Waals surface area (Å²) < 4.78 is 5.05. The molecule has 0 aliphatic rings. The van der Waals surface area contributed by atoms with E-state index in [0.717, 1.165) is 5.56 Å². The van der Waals surface area contributed by atoms with E-state index in [9.17, 15) is 4.79 Å². The summed E-state index contributed by atoms with van der Waals surface area (Å²) in [6.45, 7) is 3.62. The lowest BCUT2D eigenvalue weighted by Gasteiger charge is -2.06. The zero-order valence-electron chi connectivity index (χ0n) is 8.12. The molecule has 0 unspecified atom stereocenters. The molecule has 0 bridgehead atoms. The summed E-state index contributed by atoms with van der Waals surface area (Å²) in [5.41, 5.74) is 6.58. The van der Waals surface area contributed by atoms with E-state index in [1.165, 1.54) is 0 Å². The molecular formula is C11H13NO2. The molecule has 2 N–H and O–H groups in total. The number of ether oxygens (including phenoxy) is 1. The Bertz CT molecular complexity index is 358. The van der Waals surface area contributed by atoms with E-state index < -0.39 is 5.91 Å². The van der Waals surface area contributed by atoms with Crippen molar-refractivity contribution < 1.29 is 9.53 Å². The summed E-state index contributed by atoms with van der Waals surface area (Å²) >= 11 is 0. The van der Waals surface area contributed by atoms with E-state index in [-0.39, 0.29) is 0 Å². The van der Waals surface area contributed by atoms with Crippen molar-refractivity contribution in [2.45, 2.75) is 6.42 Å². The van der Waals surface area contributed by atoms with Crippen LogP contribution in [-0.4, -0.2) is 13.0 Å².